The molecule has 8 radical (unpaired) electrons. The molecule has 0 bridgehead atoms. The molecule has 0 aromatic heterocycles. The van der Waals surface area contributed by atoms with Crippen molar-refractivity contribution in [2.24, 2.45) is 0 Å². The molecule has 1 aliphatic rings. The molecule has 0 atom stereocenters. The zero-order chi connectivity index (χ0) is 14.6. The third-order valence-corrected chi connectivity index (χ3v) is 2.61. The molecule has 10 heteroatoms. The predicted octanol–water partition coefficient (Wildman–Crippen LogP) is -0.425. The largest absolute Gasteiger partial charge is 0.484 e. The number of hydrogen-bond donors (Lipinski definition) is 1. The van der Waals surface area contributed by atoms with Crippen molar-refractivity contribution in [3.8, 4) is 5.75 Å². The zero-order valence-corrected chi connectivity index (χ0v) is 9.38. The summed E-state index contributed by atoms with van der Waals surface area (Å²) < 4.78 is 57.4. The first-order valence-corrected chi connectivity index (χ1v) is 5.01. The number of nitrogens with one attached hydrogen (secondary N) is 1. The SMILES string of the molecule is [B]C1([B])NC([B])([B])C1Oc1c(F)c(F)cc(F)c1F. The van der Waals surface area contributed by atoms with Crippen LogP contribution in [0.4, 0.5) is 17.6 Å². The van der Waals surface area contributed by atoms with Gasteiger partial charge in [0.25, 0.3) is 0 Å². The Kier molecular flexibility index (Phi) is 3.20. The van der Waals surface area contributed by atoms with Crippen LogP contribution in [0.3, 0.4) is 0 Å². The molecule has 0 amide bonds. The molecule has 90 valence electrons. The molecule has 1 aromatic rings. The molecule has 1 aromatic carbocycles. The van der Waals surface area contributed by atoms with E-state index < -0.39 is 45.8 Å². The second-order valence-electron chi connectivity index (χ2n) is 4.29. The molecule has 2 rings (SSSR count). The number of hydrogen-bond acceptors (Lipinski definition) is 2. The summed E-state index contributed by atoms with van der Waals surface area (Å²) in [6, 6.07) is 0.0346. The average Bonchev–Trinajstić information content (AvgIpc) is 2.24. The lowest BCUT2D eigenvalue weighted by Crippen LogP contribution is -2.86. The van der Waals surface area contributed by atoms with E-state index in [1.165, 1.54) is 0 Å². The third kappa shape index (κ3) is 2.26. The van der Waals surface area contributed by atoms with Gasteiger partial charge in [-0.2, -0.15) is 8.78 Å². The van der Waals surface area contributed by atoms with Crippen molar-refractivity contribution in [1.29, 1.82) is 0 Å². The fourth-order valence-electron chi connectivity index (χ4n) is 1.79. The summed E-state index contributed by atoms with van der Waals surface area (Å²) in [5.74, 6) is -8.08. The molecule has 1 aliphatic heterocycles. The fourth-order valence-corrected chi connectivity index (χ4v) is 1.79. The van der Waals surface area contributed by atoms with Crippen molar-refractivity contribution in [3.05, 3.63) is 29.3 Å². The van der Waals surface area contributed by atoms with Gasteiger partial charge < -0.3 is 10.1 Å². The van der Waals surface area contributed by atoms with Crippen molar-refractivity contribution in [2.45, 2.75) is 16.8 Å². The van der Waals surface area contributed by atoms with E-state index in [9.17, 15) is 17.6 Å². The van der Waals surface area contributed by atoms with Gasteiger partial charge in [-0.1, -0.05) is 0 Å². The van der Waals surface area contributed by atoms with Crippen LogP contribution in [0, 0.1) is 23.3 Å². The summed E-state index contributed by atoms with van der Waals surface area (Å²) >= 11 is 0. The molecule has 0 saturated carbocycles. The minimum absolute atomic E-state index is 0.0346. The highest BCUT2D eigenvalue weighted by Gasteiger charge is 2.52. The van der Waals surface area contributed by atoms with Gasteiger partial charge in [0, 0.05) is 6.07 Å². The summed E-state index contributed by atoms with van der Waals surface area (Å²) in [5.41, 5.74) is 0. The molecule has 0 aliphatic carbocycles. The lowest BCUT2D eigenvalue weighted by Gasteiger charge is -2.60. The highest BCUT2D eigenvalue weighted by atomic mass is 19.2. The summed E-state index contributed by atoms with van der Waals surface area (Å²) in [6.45, 7) is 0. The van der Waals surface area contributed by atoms with Gasteiger partial charge >= 0.3 is 0 Å². The topological polar surface area (TPSA) is 21.3 Å². The maximum Gasteiger partial charge on any atom is 0.203 e. The van der Waals surface area contributed by atoms with Crippen molar-refractivity contribution in [2.75, 3.05) is 0 Å². The highest BCUT2D eigenvalue weighted by molar-refractivity contribution is 6.49. The molecule has 1 fully saturated rings. The molecule has 0 unspecified atom stereocenters. The van der Waals surface area contributed by atoms with E-state index in [-0.39, 0.29) is 6.07 Å². The molecule has 1 N–H and O–H groups in total. The summed E-state index contributed by atoms with van der Waals surface area (Å²) in [7, 11) is 21.7. The second kappa shape index (κ2) is 4.23. The first-order valence-electron chi connectivity index (χ1n) is 5.01. The minimum atomic E-state index is -1.80. The van der Waals surface area contributed by atoms with Crippen LogP contribution in [0.5, 0.6) is 5.75 Å². The van der Waals surface area contributed by atoms with Crippen molar-refractivity contribution in [1.82, 2.24) is 5.32 Å². The van der Waals surface area contributed by atoms with Gasteiger partial charge in [0.2, 0.25) is 11.6 Å². The second-order valence-corrected chi connectivity index (χ2v) is 4.29. The van der Waals surface area contributed by atoms with Crippen molar-refractivity contribution >= 4 is 31.4 Å². The average molecular weight is 260 g/mol. The predicted molar refractivity (Wildman–Crippen MR) is 62.3 cm³/mol. The van der Waals surface area contributed by atoms with Gasteiger partial charge in [-0.3, -0.25) is 0 Å². The Morgan fingerprint density at radius 1 is 0.947 bits per heavy atom. The van der Waals surface area contributed by atoms with Gasteiger partial charge in [-0.05, 0) is 10.7 Å². The van der Waals surface area contributed by atoms with E-state index in [2.05, 4.69) is 5.32 Å². The van der Waals surface area contributed by atoms with Gasteiger partial charge in [0.05, 0.1) is 31.4 Å². The number of halogens is 4. The van der Waals surface area contributed by atoms with Gasteiger partial charge in [-0.15, -0.1) is 0 Å². The lowest BCUT2D eigenvalue weighted by molar-refractivity contribution is 0.0524. The molecule has 0 spiro atoms. The van der Waals surface area contributed by atoms with E-state index >= 15 is 0 Å². The monoisotopic (exact) mass is 261 g/mol. The van der Waals surface area contributed by atoms with Gasteiger partial charge in [0.1, 0.15) is 6.10 Å². The van der Waals surface area contributed by atoms with Crippen LogP contribution in [0.25, 0.3) is 0 Å². The summed E-state index contributed by atoms with van der Waals surface area (Å²) in [4.78, 5) is 0. The van der Waals surface area contributed by atoms with E-state index in [4.69, 9.17) is 36.1 Å². The van der Waals surface area contributed by atoms with Crippen molar-refractivity contribution in [3.63, 3.8) is 0 Å². The van der Waals surface area contributed by atoms with Gasteiger partial charge in [-0.25, -0.2) is 8.78 Å². The Hall–Kier alpha value is -1.04. The standard InChI is InChI=1S/C9H3B4F4NO/c10-8(11)7(9(12,13)18-8)19-6-4(16)2(14)1-3(15)5(6)17/h1,7,18H. The Morgan fingerprint density at radius 3 is 1.74 bits per heavy atom. The van der Waals surface area contributed by atoms with Crippen LogP contribution in [0.1, 0.15) is 0 Å². The van der Waals surface area contributed by atoms with E-state index in [1.54, 1.807) is 0 Å². The molecule has 19 heavy (non-hydrogen) atoms. The zero-order valence-electron chi connectivity index (χ0n) is 9.38. The lowest BCUT2D eigenvalue weighted by atomic mass is 9.38. The smallest absolute Gasteiger partial charge is 0.203 e. The molecule has 2 nitrogen and oxygen atoms in total. The first kappa shape index (κ1) is 14.4. The van der Waals surface area contributed by atoms with Crippen LogP contribution in [0.2, 0.25) is 0 Å². The maximum absolute atomic E-state index is 13.4. The number of ether oxygens (including phenoxy) is 1. The Morgan fingerprint density at radius 2 is 1.37 bits per heavy atom. The van der Waals surface area contributed by atoms with Gasteiger partial charge in [0.15, 0.2) is 17.4 Å². The Balaban J connectivity index is 2.39. The molecule has 1 heterocycles. The van der Waals surface area contributed by atoms with E-state index in [0.29, 0.717) is 0 Å². The Bertz CT molecular complexity index is 499. The van der Waals surface area contributed by atoms with Crippen LogP contribution in [-0.2, 0) is 0 Å². The van der Waals surface area contributed by atoms with Crippen LogP contribution in [-0.4, -0.2) is 48.2 Å². The summed E-state index contributed by atoms with van der Waals surface area (Å²) in [5, 5.41) is -1.35. The minimum Gasteiger partial charge on any atom is -0.484 e. The number of benzene rings is 1. The molecule has 1 saturated heterocycles. The highest BCUT2D eigenvalue weighted by Crippen LogP contribution is 2.34. The van der Waals surface area contributed by atoms with E-state index in [1.807, 2.05) is 0 Å². The van der Waals surface area contributed by atoms with Crippen LogP contribution in [0.15, 0.2) is 6.07 Å². The normalized spacial score (nSPS) is 20.8. The van der Waals surface area contributed by atoms with E-state index in [0.717, 1.165) is 0 Å². The quantitative estimate of drug-likeness (QED) is 0.443. The molecular formula is C9H3B4F4NO. The van der Waals surface area contributed by atoms with Crippen LogP contribution < -0.4 is 10.1 Å². The first-order chi connectivity index (χ1) is 8.56. The maximum atomic E-state index is 13.4. The Labute approximate surface area is 111 Å². The third-order valence-electron chi connectivity index (χ3n) is 2.61. The summed E-state index contributed by atoms with van der Waals surface area (Å²) in [6.07, 6.45) is -1.51. The number of rotatable bonds is 2. The fraction of sp³-hybridized carbons (Fsp3) is 0.333. The molecular weight excluding hydrogens is 257 g/mol. The van der Waals surface area contributed by atoms with Crippen LogP contribution >= 0.6 is 0 Å². The van der Waals surface area contributed by atoms with Crippen molar-refractivity contribution < 1.29 is 22.3 Å².